The van der Waals surface area contributed by atoms with Gasteiger partial charge in [0.25, 0.3) is 5.91 Å². The van der Waals surface area contributed by atoms with Crippen LogP contribution in [0.25, 0.3) is 0 Å². The summed E-state index contributed by atoms with van der Waals surface area (Å²) < 4.78 is 32.7. The summed E-state index contributed by atoms with van der Waals surface area (Å²) in [4.78, 5) is 14.6. The van der Waals surface area contributed by atoms with Crippen molar-refractivity contribution in [3.05, 3.63) is 53.6 Å². The van der Waals surface area contributed by atoms with E-state index in [2.05, 4.69) is 20.8 Å². The highest BCUT2D eigenvalue weighted by Crippen LogP contribution is 2.29. The van der Waals surface area contributed by atoms with Gasteiger partial charge in [0.05, 0.1) is 7.11 Å². The second-order valence-corrected chi connectivity index (χ2v) is 10.0. The predicted molar refractivity (Wildman–Crippen MR) is 121 cm³/mol. The van der Waals surface area contributed by atoms with Gasteiger partial charge in [0, 0.05) is 31.4 Å². The number of hydrogen-bond donors (Lipinski definition) is 0. The number of benzene rings is 2. The average Bonchev–Trinajstić information content (AvgIpc) is 2.72. The van der Waals surface area contributed by atoms with Gasteiger partial charge in [-0.25, -0.2) is 8.42 Å². The van der Waals surface area contributed by atoms with Gasteiger partial charge in [0.2, 0.25) is 10.0 Å². The van der Waals surface area contributed by atoms with Crippen molar-refractivity contribution < 1.29 is 17.9 Å². The van der Waals surface area contributed by atoms with E-state index >= 15 is 0 Å². The Hall–Kier alpha value is -2.38. The first-order valence-electron chi connectivity index (χ1n) is 10.0. The Morgan fingerprint density at radius 3 is 2.03 bits per heavy atom. The maximum atomic E-state index is 13.1. The summed E-state index contributed by atoms with van der Waals surface area (Å²) >= 11 is 0. The molecule has 0 fully saturated rings. The number of rotatable bonds is 7. The molecule has 0 aliphatic carbocycles. The second kappa shape index (κ2) is 9.18. The lowest BCUT2D eigenvalue weighted by molar-refractivity contribution is 0.0992. The van der Waals surface area contributed by atoms with Gasteiger partial charge in [-0.2, -0.15) is 4.31 Å². The monoisotopic (exact) mass is 432 g/mol. The molecule has 7 heteroatoms. The van der Waals surface area contributed by atoms with E-state index in [1.807, 2.05) is 24.3 Å². The van der Waals surface area contributed by atoms with Crippen LogP contribution in [0.4, 0.5) is 5.69 Å². The zero-order valence-electron chi connectivity index (χ0n) is 18.9. The highest BCUT2D eigenvalue weighted by molar-refractivity contribution is 7.89. The molecule has 2 aromatic carbocycles. The highest BCUT2D eigenvalue weighted by Gasteiger charge is 2.27. The van der Waals surface area contributed by atoms with Gasteiger partial charge in [-0.05, 0) is 41.3 Å². The third-order valence-corrected chi connectivity index (χ3v) is 7.23. The number of sulfonamides is 1. The standard InChI is InChI=1S/C23H32N2O4S/c1-8-25(9-2)30(27,28)21-16-17(10-15-20(21)29-7)22(26)24(6)19-13-11-18(12-14-19)23(3,4)5/h10-16H,8-9H2,1-7H3. The van der Waals surface area contributed by atoms with Gasteiger partial charge in [0.15, 0.2) is 0 Å². The average molecular weight is 433 g/mol. The summed E-state index contributed by atoms with van der Waals surface area (Å²) in [6.07, 6.45) is 0. The van der Waals surface area contributed by atoms with Gasteiger partial charge in [-0.3, -0.25) is 4.79 Å². The molecule has 0 N–H and O–H groups in total. The van der Waals surface area contributed by atoms with E-state index in [1.165, 1.54) is 34.0 Å². The van der Waals surface area contributed by atoms with E-state index in [4.69, 9.17) is 4.74 Å². The van der Waals surface area contributed by atoms with Gasteiger partial charge in [0.1, 0.15) is 10.6 Å². The lowest BCUT2D eigenvalue weighted by atomic mass is 9.87. The van der Waals surface area contributed by atoms with Crippen LogP contribution in [0.1, 0.15) is 50.5 Å². The van der Waals surface area contributed by atoms with Crippen LogP contribution in [-0.2, 0) is 15.4 Å². The fourth-order valence-corrected chi connectivity index (χ4v) is 4.85. The van der Waals surface area contributed by atoms with E-state index in [0.29, 0.717) is 13.1 Å². The summed E-state index contributed by atoms with van der Waals surface area (Å²) in [5.74, 6) is -0.0761. The maximum Gasteiger partial charge on any atom is 0.258 e. The fraction of sp³-hybridized carbons (Fsp3) is 0.435. The van der Waals surface area contributed by atoms with Gasteiger partial charge in [-0.15, -0.1) is 0 Å². The zero-order valence-corrected chi connectivity index (χ0v) is 19.7. The first-order valence-corrected chi connectivity index (χ1v) is 11.5. The number of ether oxygens (including phenoxy) is 1. The van der Waals surface area contributed by atoms with Crippen LogP contribution >= 0.6 is 0 Å². The van der Waals surface area contributed by atoms with Crippen molar-refractivity contribution in [2.24, 2.45) is 0 Å². The fourth-order valence-electron chi connectivity index (χ4n) is 3.21. The van der Waals surface area contributed by atoms with E-state index in [1.54, 1.807) is 27.0 Å². The van der Waals surface area contributed by atoms with Crippen LogP contribution < -0.4 is 9.64 Å². The van der Waals surface area contributed by atoms with Crippen molar-refractivity contribution in [3.63, 3.8) is 0 Å². The lowest BCUT2D eigenvalue weighted by Gasteiger charge is -2.23. The number of anilines is 1. The molecule has 6 nitrogen and oxygen atoms in total. The molecule has 2 rings (SSSR count). The Labute approximate surface area is 180 Å². The van der Waals surface area contributed by atoms with Crippen LogP contribution in [0, 0.1) is 0 Å². The molecule has 0 saturated heterocycles. The molecule has 0 unspecified atom stereocenters. The molecule has 2 aromatic rings. The molecule has 0 saturated carbocycles. The topological polar surface area (TPSA) is 66.9 Å². The van der Waals surface area contributed by atoms with Gasteiger partial charge >= 0.3 is 0 Å². The zero-order chi connectivity index (χ0) is 22.7. The molecule has 0 bridgehead atoms. The molecule has 164 valence electrons. The van der Waals surface area contributed by atoms with E-state index in [9.17, 15) is 13.2 Å². The number of hydrogen-bond acceptors (Lipinski definition) is 4. The summed E-state index contributed by atoms with van der Waals surface area (Å²) in [6.45, 7) is 10.6. The molecular weight excluding hydrogens is 400 g/mol. The molecule has 0 heterocycles. The predicted octanol–water partition coefficient (Wildman–Crippen LogP) is 4.30. The van der Waals surface area contributed by atoms with Crippen LogP contribution in [0.2, 0.25) is 0 Å². The molecule has 30 heavy (non-hydrogen) atoms. The third-order valence-electron chi connectivity index (χ3n) is 5.16. The number of carbonyl (C=O) groups excluding carboxylic acids is 1. The van der Waals surface area contributed by atoms with Crippen molar-refractivity contribution in [1.29, 1.82) is 0 Å². The summed E-state index contributed by atoms with van der Waals surface area (Å²) in [5.41, 5.74) is 2.20. The minimum absolute atomic E-state index is 0.00368. The molecule has 0 atom stereocenters. The Morgan fingerprint density at radius 2 is 1.57 bits per heavy atom. The molecule has 0 aliphatic rings. The van der Waals surface area contributed by atoms with E-state index in [0.717, 1.165) is 5.69 Å². The van der Waals surface area contributed by atoms with Crippen molar-refractivity contribution in [2.45, 2.75) is 44.9 Å². The van der Waals surface area contributed by atoms with E-state index in [-0.39, 0.29) is 27.5 Å². The van der Waals surface area contributed by atoms with Crippen LogP contribution in [0.3, 0.4) is 0 Å². The number of methoxy groups -OCH3 is 1. The molecule has 0 aliphatic heterocycles. The van der Waals surface area contributed by atoms with Crippen LogP contribution in [0.15, 0.2) is 47.4 Å². The minimum atomic E-state index is -3.77. The van der Waals surface area contributed by atoms with Crippen molar-refractivity contribution in [2.75, 3.05) is 32.1 Å². The Balaban J connectivity index is 2.43. The molecule has 0 spiro atoms. The third kappa shape index (κ3) is 4.84. The summed E-state index contributed by atoms with van der Waals surface area (Å²) in [5, 5.41) is 0. The van der Waals surface area contributed by atoms with Gasteiger partial charge in [-0.1, -0.05) is 46.8 Å². The normalized spacial score (nSPS) is 12.1. The molecule has 0 aromatic heterocycles. The summed E-state index contributed by atoms with van der Waals surface area (Å²) in [7, 11) is -0.679. The molecule has 1 amide bonds. The van der Waals surface area contributed by atoms with Gasteiger partial charge < -0.3 is 9.64 Å². The van der Waals surface area contributed by atoms with Crippen LogP contribution in [0.5, 0.6) is 5.75 Å². The summed E-state index contributed by atoms with van der Waals surface area (Å²) in [6, 6.07) is 12.3. The second-order valence-electron chi connectivity index (χ2n) is 8.12. The quantitative estimate of drug-likeness (QED) is 0.654. The smallest absolute Gasteiger partial charge is 0.258 e. The number of amides is 1. The number of nitrogens with zero attached hydrogens (tertiary/aromatic N) is 2. The SMILES string of the molecule is CCN(CC)S(=O)(=O)c1cc(C(=O)N(C)c2ccc(C(C)(C)C)cc2)ccc1OC. The minimum Gasteiger partial charge on any atom is -0.495 e. The van der Waals surface area contributed by atoms with E-state index < -0.39 is 10.0 Å². The first-order chi connectivity index (χ1) is 14.0. The first kappa shape index (κ1) is 23.9. The molecular formula is C23H32N2O4S. The van der Waals surface area contributed by atoms with Crippen molar-refractivity contribution in [3.8, 4) is 5.75 Å². The van der Waals surface area contributed by atoms with Crippen molar-refractivity contribution in [1.82, 2.24) is 4.31 Å². The lowest BCUT2D eigenvalue weighted by Crippen LogP contribution is -2.31. The maximum absolute atomic E-state index is 13.1. The highest BCUT2D eigenvalue weighted by atomic mass is 32.2. The number of carbonyl (C=O) groups is 1. The largest absolute Gasteiger partial charge is 0.495 e. The Morgan fingerprint density at radius 1 is 1.00 bits per heavy atom. The molecule has 0 radical (unpaired) electrons. The van der Waals surface area contributed by atoms with Crippen LogP contribution in [-0.4, -0.2) is 45.9 Å². The van der Waals surface area contributed by atoms with Crippen molar-refractivity contribution >= 4 is 21.6 Å². The Bertz CT molecular complexity index is 989. The Kier molecular flexibility index (Phi) is 7.31.